The molecule has 1 atom stereocenters. The molecule has 7 heteroatoms. The van der Waals surface area contributed by atoms with Gasteiger partial charge in [0.15, 0.2) is 11.6 Å². The largest absolute Gasteiger partial charge is 0.356 e. The van der Waals surface area contributed by atoms with E-state index in [0.717, 1.165) is 69.0 Å². The zero-order valence-electron chi connectivity index (χ0n) is 19.6. The number of hydrogen-bond acceptors (Lipinski definition) is 5. The van der Waals surface area contributed by atoms with Gasteiger partial charge in [0.25, 0.3) is 5.91 Å². The molecule has 1 saturated heterocycles. The quantitative estimate of drug-likeness (QED) is 0.597. The second-order valence-corrected chi connectivity index (χ2v) is 9.17. The molecule has 3 aromatic rings. The van der Waals surface area contributed by atoms with E-state index in [4.69, 9.17) is 9.97 Å². The summed E-state index contributed by atoms with van der Waals surface area (Å²) in [6.45, 7) is 4.76. The third-order valence-corrected chi connectivity index (χ3v) is 6.95. The second-order valence-electron chi connectivity index (χ2n) is 9.17. The van der Waals surface area contributed by atoms with Crippen molar-refractivity contribution in [2.24, 2.45) is 7.05 Å². The topological polar surface area (TPSA) is 67.2 Å². The highest BCUT2D eigenvalue weighted by atomic mass is 16.2. The van der Waals surface area contributed by atoms with Crippen molar-refractivity contribution >= 4 is 11.7 Å². The Morgan fingerprint density at radius 1 is 1.09 bits per heavy atom. The smallest absolute Gasteiger partial charge is 0.290 e. The molecule has 0 saturated carbocycles. The number of anilines is 1. The van der Waals surface area contributed by atoms with Gasteiger partial charge in [-0.1, -0.05) is 30.3 Å². The maximum atomic E-state index is 13.3. The number of aryl methyl sites for hydroxylation is 2. The highest BCUT2D eigenvalue weighted by molar-refractivity contribution is 5.91. The lowest BCUT2D eigenvalue weighted by atomic mass is 9.99. The van der Waals surface area contributed by atoms with Gasteiger partial charge in [-0.3, -0.25) is 4.79 Å². The molecule has 0 radical (unpaired) electrons. The molecule has 2 aliphatic rings. The average molecular weight is 445 g/mol. The first-order valence-corrected chi connectivity index (χ1v) is 12.1. The molecule has 0 aliphatic carbocycles. The Kier molecular flexibility index (Phi) is 6.11. The number of piperidine rings is 1. The van der Waals surface area contributed by atoms with Crippen molar-refractivity contribution in [3.63, 3.8) is 0 Å². The molecule has 172 valence electrons. The maximum Gasteiger partial charge on any atom is 0.290 e. The van der Waals surface area contributed by atoms with Crippen molar-refractivity contribution in [1.29, 1.82) is 0 Å². The molecular weight excluding hydrogens is 412 g/mol. The normalized spacial score (nSPS) is 18.3. The van der Waals surface area contributed by atoms with Crippen LogP contribution in [0.5, 0.6) is 0 Å². The van der Waals surface area contributed by atoms with E-state index in [9.17, 15) is 4.79 Å². The van der Waals surface area contributed by atoms with E-state index < -0.39 is 0 Å². The molecule has 2 aromatic heterocycles. The Morgan fingerprint density at radius 3 is 2.73 bits per heavy atom. The van der Waals surface area contributed by atoms with Gasteiger partial charge in [-0.2, -0.15) is 0 Å². The third kappa shape index (κ3) is 4.36. The van der Waals surface area contributed by atoms with Crippen molar-refractivity contribution in [2.45, 2.75) is 51.5 Å². The first kappa shape index (κ1) is 21.6. The number of benzene rings is 1. The number of imidazole rings is 1. The fraction of sp³-hybridized carbons (Fsp3) is 0.462. The van der Waals surface area contributed by atoms with Crippen molar-refractivity contribution < 1.29 is 4.79 Å². The SMILES string of the molecule is Cc1nc([C@H]2CCCCN2C(=O)c2nccn2C)nc2c1CCCN2CCc1ccccc1. The Labute approximate surface area is 195 Å². The van der Waals surface area contributed by atoms with Gasteiger partial charge in [-0.05, 0) is 51.0 Å². The van der Waals surface area contributed by atoms with Crippen molar-refractivity contribution in [1.82, 2.24) is 24.4 Å². The van der Waals surface area contributed by atoms with Crippen LogP contribution in [0.2, 0.25) is 0 Å². The summed E-state index contributed by atoms with van der Waals surface area (Å²) in [7, 11) is 1.86. The van der Waals surface area contributed by atoms with Gasteiger partial charge >= 0.3 is 0 Å². The fourth-order valence-electron chi connectivity index (χ4n) is 5.13. The summed E-state index contributed by atoms with van der Waals surface area (Å²) in [5.41, 5.74) is 3.65. The van der Waals surface area contributed by atoms with Gasteiger partial charge in [-0.15, -0.1) is 0 Å². The first-order valence-electron chi connectivity index (χ1n) is 12.1. The van der Waals surface area contributed by atoms with Crippen LogP contribution in [0.15, 0.2) is 42.7 Å². The first-order chi connectivity index (χ1) is 16.1. The van der Waals surface area contributed by atoms with Gasteiger partial charge in [-0.25, -0.2) is 15.0 Å². The molecule has 0 unspecified atom stereocenters. The number of fused-ring (bicyclic) bond motifs is 1. The lowest BCUT2D eigenvalue weighted by Crippen LogP contribution is -2.41. The number of rotatable bonds is 5. The van der Waals surface area contributed by atoms with E-state index >= 15 is 0 Å². The molecule has 5 rings (SSSR count). The molecule has 2 aliphatic heterocycles. The summed E-state index contributed by atoms with van der Waals surface area (Å²) >= 11 is 0. The Balaban J connectivity index is 1.44. The average Bonchev–Trinajstić information content (AvgIpc) is 3.28. The zero-order valence-corrected chi connectivity index (χ0v) is 19.6. The van der Waals surface area contributed by atoms with Gasteiger partial charge in [0.2, 0.25) is 0 Å². The van der Waals surface area contributed by atoms with Crippen LogP contribution in [0.1, 0.15) is 65.0 Å². The van der Waals surface area contributed by atoms with Crippen LogP contribution in [-0.2, 0) is 19.9 Å². The highest BCUT2D eigenvalue weighted by Gasteiger charge is 2.34. The molecule has 0 N–H and O–H groups in total. The van der Waals surface area contributed by atoms with E-state index in [-0.39, 0.29) is 11.9 Å². The molecule has 4 heterocycles. The number of hydrogen-bond donors (Lipinski definition) is 0. The molecule has 7 nitrogen and oxygen atoms in total. The summed E-state index contributed by atoms with van der Waals surface area (Å²) in [6, 6.07) is 10.5. The number of carbonyl (C=O) groups is 1. The van der Waals surface area contributed by atoms with Gasteiger partial charge < -0.3 is 14.4 Å². The van der Waals surface area contributed by atoms with Crippen LogP contribution >= 0.6 is 0 Å². The number of nitrogens with zero attached hydrogens (tertiary/aromatic N) is 6. The molecule has 1 amide bonds. The number of amides is 1. The van der Waals surface area contributed by atoms with Gasteiger partial charge in [0.05, 0.1) is 6.04 Å². The van der Waals surface area contributed by atoms with E-state index in [0.29, 0.717) is 12.4 Å². The predicted molar refractivity (Wildman–Crippen MR) is 128 cm³/mol. The van der Waals surface area contributed by atoms with Crippen LogP contribution < -0.4 is 4.90 Å². The lowest BCUT2D eigenvalue weighted by Gasteiger charge is -2.36. The summed E-state index contributed by atoms with van der Waals surface area (Å²) in [5.74, 6) is 2.28. The Morgan fingerprint density at radius 2 is 1.94 bits per heavy atom. The Hall–Kier alpha value is -3.22. The standard InChI is InChI=1S/C26H32N6O/c1-19-21-11-8-15-31(17-13-20-9-4-3-5-10-20)24(21)29-23(28-19)22-12-6-7-16-32(22)26(33)25-27-14-18-30(25)2/h3-5,9-10,14,18,22H,6-8,11-13,15-17H2,1-2H3/t22-/m1/s1. The van der Waals surface area contributed by atoms with Gasteiger partial charge in [0.1, 0.15) is 5.82 Å². The van der Waals surface area contributed by atoms with Crippen LogP contribution in [0.4, 0.5) is 5.82 Å². The molecular formula is C26H32N6O. The predicted octanol–water partition coefficient (Wildman–Crippen LogP) is 3.88. The molecule has 0 bridgehead atoms. The van der Waals surface area contributed by atoms with Gasteiger partial charge in [0, 0.05) is 50.3 Å². The number of likely N-dealkylation sites (tertiary alicyclic amines) is 1. The molecule has 0 spiro atoms. The van der Waals surface area contributed by atoms with Crippen molar-refractivity contribution in [3.8, 4) is 0 Å². The molecule has 1 fully saturated rings. The number of aromatic nitrogens is 4. The fourth-order valence-corrected chi connectivity index (χ4v) is 5.13. The monoisotopic (exact) mass is 444 g/mol. The number of carbonyl (C=O) groups excluding carboxylic acids is 1. The lowest BCUT2D eigenvalue weighted by molar-refractivity contribution is 0.0583. The summed E-state index contributed by atoms with van der Waals surface area (Å²) < 4.78 is 1.79. The summed E-state index contributed by atoms with van der Waals surface area (Å²) in [6.07, 6.45) is 9.59. The van der Waals surface area contributed by atoms with Crippen LogP contribution in [0.25, 0.3) is 0 Å². The van der Waals surface area contributed by atoms with Crippen molar-refractivity contribution in [3.05, 3.63) is 71.2 Å². The minimum atomic E-state index is -0.107. The van der Waals surface area contributed by atoms with Crippen molar-refractivity contribution in [2.75, 3.05) is 24.5 Å². The zero-order chi connectivity index (χ0) is 22.8. The van der Waals surface area contributed by atoms with E-state index in [2.05, 4.69) is 47.1 Å². The van der Waals surface area contributed by atoms with Crippen LogP contribution in [0, 0.1) is 6.92 Å². The van der Waals surface area contributed by atoms with Crippen LogP contribution in [-0.4, -0.2) is 50.0 Å². The second kappa shape index (κ2) is 9.33. The van der Waals surface area contributed by atoms with Crippen LogP contribution in [0.3, 0.4) is 0 Å². The van der Waals surface area contributed by atoms with E-state index in [1.807, 2.05) is 18.1 Å². The van der Waals surface area contributed by atoms with E-state index in [1.165, 1.54) is 11.1 Å². The van der Waals surface area contributed by atoms with E-state index in [1.54, 1.807) is 10.8 Å². The Bertz CT molecular complexity index is 1130. The summed E-state index contributed by atoms with van der Waals surface area (Å²) in [5, 5.41) is 0. The maximum absolute atomic E-state index is 13.3. The minimum absolute atomic E-state index is 0.0351. The third-order valence-electron chi connectivity index (χ3n) is 6.95. The molecule has 1 aromatic carbocycles. The highest BCUT2D eigenvalue weighted by Crippen LogP contribution is 2.34. The minimum Gasteiger partial charge on any atom is -0.356 e. The molecule has 33 heavy (non-hydrogen) atoms. The summed E-state index contributed by atoms with van der Waals surface area (Å²) in [4.78, 5) is 32.0.